The Kier molecular flexibility index (Phi) is 7.11. The third kappa shape index (κ3) is 4.89. The number of hydrogen-bond acceptors (Lipinski definition) is 3. The van der Waals surface area contributed by atoms with E-state index in [1.54, 1.807) is 0 Å². The summed E-state index contributed by atoms with van der Waals surface area (Å²) in [4.78, 5) is 4.85. The lowest BCUT2D eigenvalue weighted by Crippen LogP contribution is -2.30. The molecule has 0 spiro atoms. The number of para-hydroxylation sites is 2. The van der Waals surface area contributed by atoms with Crippen molar-refractivity contribution in [2.75, 3.05) is 0 Å². The monoisotopic (exact) mass is 646 g/mol. The van der Waals surface area contributed by atoms with Crippen molar-refractivity contribution in [2.45, 2.75) is 72.6 Å². The molecule has 3 heterocycles. The number of nitrogens with zero attached hydrogens (tertiary/aromatic N) is 3. The first-order valence-electron chi connectivity index (χ1n) is 17.4. The minimum Gasteiger partial charge on any atom is -0.455 e. The molecule has 0 aliphatic heterocycles. The molecule has 5 heteroatoms. The summed E-state index contributed by atoms with van der Waals surface area (Å²) in [7, 11) is 2.18. The zero-order chi connectivity index (χ0) is 34.4. The van der Waals surface area contributed by atoms with Gasteiger partial charge < -0.3 is 8.83 Å². The molecule has 0 unspecified atom stereocenters. The Bertz CT molecular complexity index is 2520. The lowest BCUT2D eigenvalue weighted by atomic mass is 9.88. The predicted molar refractivity (Wildman–Crippen MR) is 202 cm³/mol. The van der Waals surface area contributed by atoms with E-state index in [2.05, 4.69) is 157 Å². The summed E-state index contributed by atoms with van der Waals surface area (Å²) in [5.74, 6) is 2.41. The molecule has 0 aliphatic carbocycles. The fourth-order valence-corrected chi connectivity index (χ4v) is 7.39. The normalized spacial score (nSPS) is 12.6. The number of aryl methyl sites for hydroxylation is 2. The van der Waals surface area contributed by atoms with Gasteiger partial charge in [-0.05, 0) is 65.8 Å². The number of benzene rings is 5. The fourth-order valence-electron chi connectivity index (χ4n) is 7.39. The van der Waals surface area contributed by atoms with Gasteiger partial charge in [0, 0.05) is 33.4 Å². The Morgan fingerprint density at radius 2 is 1.39 bits per heavy atom. The van der Waals surface area contributed by atoms with Crippen molar-refractivity contribution in [3.05, 3.63) is 114 Å². The van der Waals surface area contributed by atoms with Gasteiger partial charge in [0.15, 0.2) is 22.2 Å². The van der Waals surface area contributed by atoms with Crippen LogP contribution in [0.5, 0.6) is 0 Å². The van der Waals surface area contributed by atoms with E-state index in [1.807, 2.05) is 6.07 Å². The molecule has 0 fully saturated rings. The van der Waals surface area contributed by atoms with E-state index < -0.39 is 0 Å². The van der Waals surface area contributed by atoms with Gasteiger partial charge in [-0.3, -0.25) is 0 Å². The van der Waals surface area contributed by atoms with Crippen molar-refractivity contribution in [2.24, 2.45) is 7.05 Å². The van der Waals surface area contributed by atoms with Gasteiger partial charge in [-0.25, -0.2) is 9.55 Å². The molecule has 0 bridgehead atoms. The Hall–Kier alpha value is -5.16. The van der Waals surface area contributed by atoms with Crippen LogP contribution in [0.4, 0.5) is 0 Å². The van der Waals surface area contributed by atoms with E-state index in [4.69, 9.17) is 13.8 Å². The molecule has 0 N–H and O–H groups in total. The minimum atomic E-state index is -0.183. The maximum atomic E-state index is 6.89. The molecular formula is C44H44N3O2+. The molecule has 246 valence electrons. The quantitative estimate of drug-likeness (QED) is 0.175. The minimum absolute atomic E-state index is 0.183. The third-order valence-electron chi connectivity index (χ3n) is 9.98. The van der Waals surface area contributed by atoms with E-state index >= 15 is 0 Å². The molecule has 0 saturated heterocycles. The van der Waals surface area contributed by atoms with Crippen LogP contribution in [-0.4, -0.2) is 9.55 Å². The summed E-state index contributed by atoms with van der Waals surface area (Å²) in [5, 5.41) is 2.10. The average molecular weight is 647 g/mol. The second-order valence-corrected chi connectivity index (χ2v) is 15.2. The Morgan fingerprint density at radius 1 is 0.714 bits per heavy atom. The van der Waals surface area contributed by atoms with Gasteiger partial charge in [0.05, 0.1) is 7.05 Å². The van der Waals surface area contributed by atoms with Crippen molar-refractivity contribution in [1.29, 1.82) is 0 Å². The summed E-state index contributed by atoms with van der Waals surface area (Å²) >= 11 is 0. The van der Waals surface area contributed by atoms with E-state index in [-0.39, 0.29) is 5.41 Å². The third-order valence-corrected chi connectivity index (χ3v) is 9.98. The van der Waals surface area contributed by atoms with Gasteiger partial charge in [-0.15, -0.1) is 0 Å². The van der Waals surface area contributed by atoms with Gasteiger partial charge in [0.1, 0.15) is 22.4 Å². The van der Waals surface area contributed by atoms with Gasteiger partial charge in [0.2, 0.25) is 5.89 Å². The first-order chi connectivity index (χ1) is 23.4. The highest BCUT2D eigenvalue weighted by atomic mass is 16.4. The lowest BCUT2D eigenvalue weighted by Gasteiger charge is -2.21. The zero-order valence-corrected chi connectivity index (χ0v) is 30.0. The van der Waals surface area contributed by atoms with Gasteiger partial charge >= 0.3 is 0 Å². The molecule has 49 heavy (non-hydrogen) atoms. The number of oxazole rings is 1. The molecule has 3 aromatic heterocycles. The molecular weight excluding hydrogens is 603 g/mol. The standard InChI is InChI=1S/C44H44N3O2/c1-25(2)31-21-29(28-15-11-10-12-16-28)22-32(26(3)4)40(31)47-36-18-14-13-17-35(36)46(9)42(47)39-27(5)19-20-30-33-23-38-34(24-37(33)48-41(30)39)45-43(49-38)44(6,7)8/h10-26H,1-9H3/q+1. The highest BCUT2D eigenvalue weighted by Gasteiger charge is 2.34. The SMILES string of the molecule is Cc1ccc2c(oc3cc4nc(C(C)(C)C)oc4cc32)c1-c1n(-c2c(C(C)C)cc(-c3ccccc3)cc2C(C)C)c2ccccc2[n+]1C. The molecule has 0 saturated carbocycles. The van der Waals surface area contributed by atoms with Crippen LogP contribution in [0.3, 0.4) is 0 Å². The Morgan fingerprint density at radius 3 is 2.06 bits per heavy atom. The molecule has 5 nitrogen and oxygen atoms in total. The van der Waals surface area contributed by atoms with Crippen LogP contribution in [0, 0.1) is 6.92 Å². The van der Waals surface area contributed by atoms with E-state index in [9.17, 15) is 0 Å². The maximum Gasteiger partial charge on any atom is 0.299 e. The molecule has 0 atom stereocenters. The number of fused-ring (bicyclic) bond motifs is 5. The van der Waals surface area contributed by atoms with Crippen molar-refractivity contribution in [1.82, 2.24) is 9.55 Å². The second-order valence-electron chi connectivity index (χ2n) is 15.2. The van der Waals surface area contributed by atoms with E-state index in [0.29, 0.717) is 11.8 Å². The molecule has 5 aromatic carbocycles. The molecule has 0 radical (unpaired) electrons. The first-order valence-corrected chi connectivity index (χ1v) is 17.4. The topological polar surface area (TPSA) is 48.0 Å². The molecule has 0 amide bonds. The summed E-state index contributed by atoms with van der Waals surface area (Å²) in [5.41, 5.74) is 14.1. The van der Waals surface area contributed by atoms with Crippen LogP contribution in [-0.2, 0) is 12.5 Å². The molecule has 0 aliphatic rings. The number of furan rings is 1. The van der Waals surface area contributed by atoms with Crippen molar-refractivity contribution >= 4 is 44.1 Å². The van der Waals surface area contributed by atoms with Gasteiger partial charge in [-0.1, -0.05) is 103 Å². The van der Waals surface area contributed by atoms with Crippen LogP contribution >= 0.6 is 0 Å². The molecule has 8 aromatic rings. The number of rotatable bonds is 5. The maximum absolute atomic E-state index is 6.89. The number of aromatic nitrogens is 3. The van der Waals surface area contributed by atoms with Crippen molar-refractivity contribution in [3.8, 4) is 28.2 Å². The van der Waals surface area contributed by atoms with E-state index in [1.165, 1.54) is 33.5 Å². The fraction of sp³-hybridized carbons (Fsp3) is 0.273. The second kappa shape index (κ2) is 11.2. The highest BCUT2D eigenvalue weighted by Crippen LogP contribution is 2.43. The average Bonchev–Trinajstić information content (AvgIpc) is 3.75. The predicted octanol–water partition coefficient (Wildman–Crippen LogP) is 11.7. The summed E-state index contributed by atoms with van der Waals surface area (Å²) in [6.45, 7) is 17.8. The van der Waals surface area contributed by atoms with Crippen LogP contribution in [0.25, 0.3) is 72.3 Å². The highest BCUT2D eigenvalue weighted by molar-refractivity contribution is 6.12. The largest absolute Gasteiger partial charge is 0.455 e. The van der Waals surface area contributed by atoms with Gasteiger partial charge in [-0.2, -0.15) is 4.57 Å². The van der Waals surface area contributed by atoms with Crippen LogP contribution < -0.4 is 4.57 Å². The van der Waals surface area contributed by atoms with Gasteiger partial charge in [0.25, 0.3) is 5.82 Å². The van der Waals surface area contributed by atoms with Crippen LogP contribution in [0.15, 0.2) is 99.8 Å². The number of imidazole rings is 1. The molecule has 8 rings (SSSR count). The summed E-state index contributed by atoms with van der Waals surface area (Å²) in [6.07, 6.45) is 0. The summed E-state index contributed by atoms with van der Waals surface area (Å²) in [6, 6.07) is 32.9. The Labute approximate surface area is 287 Å². The Balaban J connectivity index is 1.47. The van der Waals surface area contributed by atoms with E-state index in [0.717, 1.165) is 61.4 Å². The smallest absolute Gasteiger partial charge is 0.299 e. The zero-order valence-electron chi connectivity index (χ0n) is 30.0. The van der Waals surface area contributed by atoms with Crippen molar-refractivity contribution in [3.63, 3.8) is 0 Å². The van der Waals surface area contributed by atoms with Crippen molar-refractivity contribution < 1.29 is 13.4 Å². The van der Waals surface area contributed by atoms with Crippen LogP contribution in [0.1, 0.15) is 82.9 Å². The van der Waals surface area contributed by atoms with Crippen LogP contribution in [0.2, 0.25) is 0 Å². The lowest BCUT2D eigenvalue weighted by molar-refractivity contribution is -0.633. The summed E-state index contributed by atoms with van der Waals surface area (Å²) < 4.78 is 18.0. The first kappa shape index (κ1) is 31.1. The number of hydrogen-bond donors (Lipinski definition) is 0.